The Labute approximate surface area is 124 Å². The van der Waals surface area contributed by atoms with E-state index in [0.29, 0.717) is 10.9 Å². The Balaban J connectivity index is 2.09. The number of amides is 2. The summed E-state index contributed by atoms with van der Waals surface area (Å²) in [6.07, 6.45) is -1.41. The summed E-state index contributed by atoms with van der Waals surface area (Å²) in [5, 5.41) is 0.539. The Morgan fingerprint density at radius 3 is 2.77 bits per heavy atom. The van der Waals surface area contributed by atoms with Gasteiger partial charge >= 0.3 is 0 Å². The fraction of sp³-hybridized carbons (Fsp3) is 0.267. The van der Waals surface area contributed by atoms with Crippen molar-refractivity contribution < 1.29 is 14.0 Å². The standard InChI is InChI=1S/C15H14FN3O3/c16-8-5-12(14(17)21)19(7-8)15(22)10-6-13(20)18-11-4-2-1-3-9(10)11/h1-4,6,8,12H,5,7H2,(H2,17,21)(H,18,20)/t8-,12+/m1/s1. The van der Waals surface area contributed by atoms with Gasteiger partial charge in [0.1, 0.15) is 12.2 Å². The van der Waals surface area contributed by atoms with Gasteiger partial charge in [0, 0.05) is 23.4 Å². The summed E-state index contributed by atoms with van der Waals surface area (Å²) in [5.74, 6) is -1.31. The van der Waals surface area contributed by atoms with Crippen LogP contribution in [0.3, 0.4) is 0 Å². The normalized spacial score (nSPS) is 21.2. The zero-order valence-electron chi connectivity index (χ0n) is 11.6. The number of nitrogens with two attached hydrogens (primary N) is 1. The first kappa shape index (κ1) is 14.2. The summed E-state index contributed by atoms with van der Waals surface area (Å²) in [6, 6.07) is 6.98. The van der Waals surface area contributed by atoms with Crippen LogP contribution in [0.2, 0.25) is 0 Å². The Bertz CT molecular complexity index is 817. The second kappa shape index (κ2) is 5.25. The maximum atomic E-state index is 13.6. The SMILES string of the molecule is NC(=O)[C@@H]1C[C@@H](F)CN1C(=O)c1cc(=O)[nH]c2ccccc12. The quantitative estimate of drug-likeness (QED) is 0.848. The van der Waals surface area contributed by atoms with Crippen molar-refractivity contribution in [2.45, 2.75) is 18.6 Å². The van der Waals surface area contributed by atoms with Crippen LogP contribution in [0.15, 0.2) is 35.1 Å². The van der Waals surface area contributed by atoms with Gasteiger partial charge in [-0.05, 0) is 6.07 Å². The molecule has 3 rings (SSSR count). The van der Waals surface area contributed by atoms with Crippen LogP contribution in [-0.4, -0.2) is 40.5 Å². The molecule has 1 fully saturated rings. The molecule has 0 unspecified atom stereocenters. The number of aromatic amines is 1. The zero-order chi connectivity index (χ0) is 15.9. The minimum Gasteiger partial charge on any atom is -0.368 e. The maximum Gasteiger partial charge on any atom is 0.255 e. The molecule has 2 atom stereocenters. The molecule has 7 heteroatoms. The van der Waals surface area contributed by atoms with Gasteiger partial charge in [-0.25, -0.2) is 4.39 Å². The molecule has 3 N–H and O–H groups in total. The van der Waals surface area contributed by atoms with Gasteiger partial charge in [0.25, 0.3) is 5.91 Å². The van der Waals surface area contributed by atoms with E-state index in [1.807, 2.05) is 0 Å². The highest BCUT2D eigenvalue weighted by Gasteiger charge is 2.39. The summed E-state index contributed by atoms with van der Waals surface area (Å²) in [4.78, 5) is 39.5. The fourth-order valence-corrected chi connectivity index (χ4v) is 2.82. The molecule has 22 heavy (non-hydrogen) atoms. The van der Waals surface area contributed by atoms with E-state index in [1.165, 1.54) is 0 Å². The Morgan fingerprint density at radius 1 is 1.32 bits per heavy atom. The number of H-pyrrole nitrogens is 1. The van der Waals surface area contributed by atoms with Crippen LogP contribution >= 0.6 is 0 Å². The summed E-state index contributed by atoms with van der Waals surface area (Å²) < 4.78 is 13.6. The first-order valence-electron chi connectivity index (χ1n) is 6.84. The molecule has 0 aliphatic carbocycles. The number of aromatic nitrogens is 1. The van der Waals surface area contributed by atoms with E-state index in [-0.39, 0.29) is 18.5 Å². The minimum atomic E-state index is -1.30. The monoisotopic (exact) mass is 303 g/mol. The number of carbonyl (C=O) groups excluding carboxylic acids is 2. The molecule has 2 aromatic rings. The largest absolute Gasteiger partial charge is 0.368 e. The Hall–Kier alpha value is -2.70. The van der Waals surface area contributed by atoms with E-state index in [4.69, 9.17) is 5.73 Å². The molecule has 0 saturated carbocycles. The van der Waals surface area contributed by atoms with Crippen LogP contribution in [0.5, 0.6) is 0 Å². The lowest BCUT2D eigenvalue weighted by Crippen LogP contribution is -2.44. The number of rotatable bonds is 2. The topological polar surface area (TPSA) is 96.3 Å². The van der Waals surface area contributed by atoms with Gasteiger partial charge in [0.2, 0.25) is 11.5 Å². The van der Waals surface area contributed by atoms with Crippen LogP contribution in [0.25, 0.3) is 10.9 Å². The number of pyridine rings is 1. The third-order valence-corrected chi connectivity index (χ3v) is 3.82. The molecular formula is C15H14FN3O3. The molecule has 1 aromatic carbocycles. The second-order valence-electron chi connectivity index (χ2n) is 5.30. The number of halogens is 1. The van der Waals surface area contributed by atoms with Crippen molar-refractivity contribution in [1.82, 2.24) is 9.88 Å². The highest BCUT2D eigenvalue weighted by Crippen LogP contribution is 2.24. The van der Waals surface area contributed by atoms with Gasteiger partial charge in [-0.1, -0.05) is 18.2 Å². The number of likely N-dealkylation sites (tertiary alicyclic amines) is 1. The lowest BCUT2D eigenvalue weighted by Gasteiger charge is -2.22. The van der Waals surface area contributed by atoms with Gasteiger partial charge in [0.15, 0.2) is 0 Å². The van der Waals surface area contributed by atoms with Crippen molar-refractivity contribution >= 4 is 22.7 Å². The molecule has 1 saturated heterocycles. The molecule has 1 aliphatic heterocycles. The highest BCUT2D eigenvalue weighted by atomic mass is 19.1. The predicted octanol–water partition coefficient (Wildman–Crippen LogP) is 0.566. The maximum absolute atomic E-state index is 13.6. The van der Waals surface area contributed by atoms with E-state index < -0.39 is 29.6 Å². The average molecular weight is 303 g/mol. The number of primary amides is 1. The van der Waals surface area contributed by atoms with E-state index in [0.717, 1.165) is 11.0 Å². The number of hydrogen-bond donors (Lipinski definition) is 2. The van der Waals surface area contributed by atoms with Crippen LogP contribution in [0.4, 0.5) is 4.39 Å². The highest BCUT2D eigenvalue weighted by molar-refractivity contribution is 6.07. The first-order chi connectivity index (χ1) is 10.5. The molecule has 2 heterocycles. The summed E-state index contributed by atoms with van der Waals surface area (Å²) in [7, 11) is 0. The smallest absolute Gasteiger partial charge is 0.255 e. The van der Waals surface area contributed by atoms with E-state index in [2.05, 4.69) is 4.98 Å². The van der Waals surface area contributed by atoms with Gasteiger partial charge in [-0.15, -0.1) is 0 Å². The number of fused-ring (bicyclic) bond motifs is 1. The minimum absolute atomic E-state index is 0.109. The second-order valence-corrected chi connectivity index (χ2v) is 5.30. The van der Waals surface area contributed by atoms with Crippen LogP contribution in [0.1, 0.15) is 16.8 Å². The fourth-order valence-electron chi connectivity index (χ4n) is 2.82. The number of hydrogen-bond acceptors (Lipinski definition) is 3. The Kier molecular flexibility index (Phi) is 3.40. The van der Waals surface area contributed by atoms with Crippen LogP contribution in [-0.2, 0) is 4.79 Å². The third kappa shape index (κ3) is 2.34. The molecular weight excluding hydrogens is 289 g/mol. The molecule has 0 spiro atoms. The molecule has 0 bridgehead atoms. The number of carbonyl (C=O) groups is 2. The zero-order valence-corrected chi connectivity index (χ0v) is 11.6. The van der Waals surface area contributed by atoms with Crippen molar-refractivity contribution in [1.29, 1.82) is 0 Å². The molecule has 114 valence electrons. The van der Waals surface area contributed by atoms with Crippen molar-refractivity contribution in [3.05, 3.63) is 46.2 Å². The van der Waals surface area contributed by atoms with Crippen molar-refractivity contribution in [2.75, 3.05) is 6.54 Å². The predicted molar refractivity (Wildman–Crippen MR) is 78.1 cm³/mol. The van der Waals surface area contributed by atoms with Crippen molar-refractivity contribution in [3.8, 4) is 0 Å². The molecule has 1 aromatic heterocycles. The van der Waals surface area contributed by atoms with Gasteiger partial charge < -0.3 is 15.6 Å². The lowest BCUT2D eigenvalue weighted by molar-refractivity contribution is -0.121. The molecule has 1 aliphatic rings. The van der Waals surface area contributed by atoms with Crippen molar-refractivity contribution in [3.63, 3.8) is 0 Å². The van der Waals surface area contributed by atoms with Gasteiger partial charge in [0.05, 0.1) is 12.1 Å². The Morgan fingerprint density at radius 2 is 2.05 bits per heavy atom. The summed E-state index contributed by atoms with van der Waals surface area (Å²) >= 11 is 0. The van der Waals surface area contributed by atoms with E-state index >= 15 is 0 Å². The number of benzene rings is 1. The van der Waals surface area contributed by atoms with Gasteiger partial charge in [-0.2, -0.15) is 0 Å². The summed E-state index contributed by atoms with van der Waals surface area (Å²) in [6.45, 7) is -0.201. The lowest BCUT2D eigenvalue weighted by atomic mass is 10.1. The summed E-state index contributed by atoms with van der Waals surface area (Å²) in [5.41, 5.74) is 5.45. The van der Waals surface area contributed by atoms with Crippen LogP contribution < -0.4 is 11.3 Å². The molecule has 2 amide bonds. The number of para-hydroxylation sites is 1. The number of nitrogens with one attached hydrogen (secondary N) is 1. The number of nitrogens with zero attached hydrogens (tertiary/aromatic N) is 1. The van der Waals surface area contributed by atoms with Gasteiger partial charge in [-0.3, -0.25) is 14.4 Å². The molecule has 0 radical (unpaired) electrons. The van der Waals surface area contributed by atoms with Crippen molar-refractivity contribution in [2.24, 2.45) is 5.73 Å². The average Bonchev–Trinajstić information content (AvgIpc) is 2.88. The molecule has 6 nitrogen and oxygen atoms in total. The van der Waals surface area contributed by atoms with E-state index in [1.54, 1.807) is 24.3 Å². The number of alkyl halides is 1. The van der Waals surface area contributed by atoms with Crippen LogP contribution in [0, 0.1) is 0 Å². The van der Waals surface area contributed by atoms with E-state index in [9.17, 15) is 18.8 Å². The third-order valence-electron chi connectivity index (χ3n) is 3.82. The first-order valence-corrected chi connectivity index (χ1v) is 6.84.